The second-order valence-electron chi connectivity index (χ2n) is 5.91. The molecule has 0 aromatic heterocycles. The molecule has 0 spiro atoms. The molecule has 2 rings (SSSR count). The first-order valence-corrected chi connectivity index (χ1v) is 7.45. The Bertz CT molecular complexity index is 476. The standard InChI is InChI=1S/C16H25N3O2/c1-12-10-17-11-15(12)16(20)18-13-5-4-6-14(9-13)21-8-7-19(2)3/h4-6,9,12,15,17H,7-8,10-11H2,1-3H3,(H,18,20). The van der Waals surface area contributed by atoms with Gasteiger partial charge in [0.05, 0.1) is 5.92 Å². The number of carbonyl (C=O) groups is 1. The van der Waals surface area contributed by atoms with E-state index in [9.17, 15) is 4.79 Å². The van der Waals surface area contributed by atoms with Crippen molar-refractivity contribution in [2.24, 2.45) is 11.8 Å². The molecule has 1 amide bonds. The van der Waals surface area contributed by atoms with Crippen LogP contribution in [0.15, 0.2) is 24.3 Å². The van der Waals surface area contributed by atoms with Crippen LogP contribution < -0.4 is 15.4 Å². The fourth-order valence-corrected chi connectivity index (χ4v) is 2.41. The summed E-state index contributed by atoms with van der Waals surface area (Å²) < 4.78 is 5.68. The third-order valence-electron chi connectivity index (χ3n) is 3.76. The van der Waals surface area contributed by atoms with Crippen LogP contribution in [0.1, 0.15) is 6.92 Å². The molecular formula is C16H25N3O2. The summed E-state index contributed by atoms with van der Waals surface area (Å²) in [6.45, 7) is 5.26. The van der Waals surface area contributed by atoms with Gasteiger partial charge in [-0.25, -0.2) is 0 Å². The predicted octanol–water partition coefficient (Wildman–Crippen LogP) is 1.42. The van der Waals surface area contributed by atoms with Gasteiger partial charge in [0.25, 0.3) is 0 Å². The van der Waals surface area contributed by atoms with Crippen molar-refractivity contribution in [1.29, 1.82) is 0 Å². The molecule has 1 heterocycles. The van der Waals surface area contributed by atoms with Crippen molar-refractivity contribution in [1.82, 2.24) is 10.2 Å². The Hall–Kier alpha value is -1.59. The highest BCUT2D eigenvalue weighted by molar-refractivity contribution is 5.93. The minimum Gasteiger partial charge on any atom is -0.492 e. The number of rotatable bonds is 6. The molecule has 0 bridgehead atoms. The maximum Gasteiger partial charge on any atom is 0.229 e. The van der Waals surface area contributed by atoms with Crippen LogP contribution in [0.5, 0.6) is 5.75 Å². The molecule has 2 unspecified atom stereocenters. The van der Waals surface area contributed by atoms with Crippen LogP contribution in [-0.4, -0.2) is 51.1 Å². The van der Waals surface area contributed by atoms with Gasteiger partial charge in [-0.15, -0.1) is 0 Å². The SMILES string of the molecule is CC1CNCC1C(=O)Nc1cccc(OCCN(C)C)c1. The molecule has 1 aliphatic rings. The molecule has 1 fully saturated rings. The molecule has 1 aromatic rings. The molecule has 2 N–H and O–H groups in total. The zero-order valence-electron chi connectivity index (χ0n) is 13.1. The highest BCUT2D eigenvalue weighted by Crippen LogP contribution is 2.21. The van der Waals surface area contributed by atoms with E-state index < -0.39 is 0 Å². The minimum atomic E-state index is 0.0447. The molecular weight excluding hydrogens is 266 g/mol. The largest absolute Gasteiger partial charge is 0.492 e. The van der Waals surface area contributed by atoms with E-state index in [0.717, 1.165) is 31.1 Å². The number of likely N-dealkylation sites (N-methyl/N-ethyl adjacent to an activating group) is 1. The quantitative estimate of drug-likeness (QED) is 0.832. The summed E-state index contributed by atoms with van der Waals surface area (Å²) in [7, 11) is 4.02. The fourth-order valence-electron chi connectivity index (χ4n) is 2.41. The Morgan fingerprint density at radius 3 is 2.90 bits per heavy atom. The summed E-state index contributed by atoms with van der Waals surface area (Å²) in [6, 6.07) is 7.58. The van der Waals surface area contributed by atoms with Crippen LogP contribution in [-0.2, 0) is 4.79 Å². The maximum atomic E-state index is 12.2. The van der Waals surface area contributed by atoms with Crippen LogP contribution in [0.4, 0.5) is 5.69 Å². The summed E-state index contributed by atoms with van der Waals surface area (Å²) in [6.07, 6.45) is 0. The Morgan fingerprint density at radius 2 is 2.24 bits per heavy atom. The van der Waals surface area contributed by atoms with Crippen molar-refractivity contribution in [3.05, 3.63) is 24.3 Å². The van der Waals surface area contributed by atoms with E-state index >= 15 is 0 Å². The van der Waals surface area contributed by atoms with Crippen LogP contribution in [0.3, 0.4) is 0 Å². The fraction of sp³-hybridized carbons (Fsp3) is 0.562. The van der Waals surface area contributed by atoms with Gasteiger partial charge in [0.2, 0.25) is 5.91 Å². The second kappa shape index (κ2) is 7.43. The van der Waals surface area contributed by atoms with Crippen LogP contribution >= 0.6 is 0 Å². The minimum absolute atomic E-state index is 0.0447. The number of nitrogens with one attached hydrogen (secondary N) is 2. The van der Waals surface area contributed by atoms with Gasteiger partial charge in [0, 0.05) is 24.8 Å². The summed E-state index contributed by atoms with van der Waals surface area (Å²) in [5.74, 6) is 1.29. The van der Waals surface area contributed by atoms with Gasteiger partial charge in [0.1, 0.15) is 12.4 Å². The van der Waals surface area contributed by atoms with E-state index in [4.69, 9.17) is 4.74 Å². The van der Waals surface area contributed by atoms with Crippen molar-refractivity contribution in [2.75, 3.05) is 45.7 Å². The summed E-state index contributed by atoms with van der Waals surface area (Å²) in [5, 5.41) is 6.23. The van der Waals surface area contributed by atoms with Gasteiger partial charge in [-0.05, 0) is 38.7 Å². The summed E-state index contributed by atoms with van der Waals surface area (Å²) in [4.78, 5) is 14.3. The molecule has 1 aliphatic heterocycles. The first-order chi connectivity index (χ1) is 10.1. The number of hydrogen-bond donors (Lipinski definition) is 2. The average molecular weight is 291 g/mol. The Morgan fingerprint density at radius 1 is 1.43 bits per heavy atom. The average Bonchev–Trinajstić information content (AvgIpc) is 2.85. The van der Waals surface area contributed by atoms with E-state index in [-0.39, 0.29) is 11.8 Å². The lowest BCUT2D eigenvalue weighted by molar-refractivity contribution is -0.120. The van der Waals surface area contributed by atoms with Crippen molar-refractivity contribution in [2.45, 2.75) is 6.92 Å². The first kappa shape index (κ1) is 15.8. The molecule has 5 nitrogen and oxygen atoms in total. The Labute approximate surface area is 126 Å². The summed E-state index contributed by atoms with van der Waals surface area (Å²) in [5.41, 5.74) is 0.793. The normalized spacial score (nSPS) is 21.5. The monoisotopic (exact) mass is 291 g/mol. The Kier molecular flexibility index (Phi) is 5.59. The zero-order chi connectivity index (χ0) is 15.2. The third kappa shape index (κ3) is 4.72. The van der Waals surface area contributed by atoms with E-state index in [1.807, 2.05) is 38.4 Å². The second-order valence-corrected chi connectivity index (χ2v) is 5.91. The lowest BCUT2D eigenvalue weighted by Crippen LogP contribution is -2.27. The Balaban J connectivity index is 1.89. The van der Waals surface area contributed by atoms with E-state index in [1.165, 1.54) is 0 Å². The predicted molar refractivity (Wildman–Crippen MR) is 84.6 cm³/mol. The van der Waals surface area contributed by atoms with Gasteiger partial charge in [-0.1, -0.05) is 13.0 Å². The smallest absolute Gasteiger partial charge is 0.229 e. The van der Waals surface area contributed by atoms with Gasteiger partial charge in [-0.3, -0.25) is 4.79 Å². The zero-order valence-corrected chi connectivity index (χ0v) is 13.1. The number of carbonyl (C=O) groups excluding carboxylic acids is 1. The molecule has 0 saturated carbocycles. The molecule has 1 aromatic carbocycles. The van der Waals surface area contributed by atoms with Gasteiger partial charge < -0.3 is 20.3 Å². The number of hydrogen-bond acceptors (Lipinski definition) is 4. The van der Waals surface area contributed by atoms with Gasteiger partial charge in [0.15, 0.2) is 0 Å². The molecule has 116 valence electrons. The third-order valence-corrected chi connectivity index (χ3v) is 3.76. The van der Waals surface area contributed by atoms with Crippen molar-refractivity contribution >= 4 is 11.6 Å². The molecule has 2 atom stereocenters. The van der Waals surface area contributed by atoms with E-state index in [0.29, 0.717) is 12.5 Å². The molecule has 0 radical (unpaired) electrons. The van der Waals surface area contributed by atoms with E-state index in [2.05, 4.69) is 22.5 Å². The molecule has 1 saturated heterocycles. The lowest BCUT2D eigenvalue weighted by Gasteiger charge is -2.15. The van der Waals surface area contributed by atoms with Crippen molar-refractivity contribution < 1.29 is 9.53 Å². The molecule has 0 aliphatic carbocycles. The van der Waals surface area contributed by atoms with Crippen LogP contribution in [0.25, 0.3) is 0 Å². The first-order valence-electron chi connectivity index (χ1n) is 7.45. The summed E-state index contributed by atoms with van der Waals surface area (Å²) >= 11 is 0. The number of anilines is 1. The van der Waals surface area contributed by atoms with Crippen LogP contribution in [0.2, 0.25) is 0 Å². The van der Waals surface area contributed by atoms with Crippen molar-refractivity contribution in [3.8, 4) is 5.75 Å². The molecule has 5 heteroatoms. The topological polar surface area (TPSA) is 53.6 Å². The van der Waals surface area contributed by atoms with Crippen LogP contribution in [0, 0.1) is 11.8 Å². The highest BCUT2D eigenvalue weighted by atomic mass is 16.5. The lowest BCUT2D eigenvalue weighted by atomic mass is 9.97. The highest BCUT2D eigenvalue weighted by Gasteiger charge is 2.29. The van der Waals surface area contributed by atoms with Crippen molar-refractivity contribution in [3.63, 3.8) is 0 Å². The van der Waals surface area contributed by atoms with E-state index in [1.54, 1.807) is 0 Å². The maximum absolute atomic E-state index is 12.2. The van der Waals surface area contributed by atoms with Gasteiger partial charge in [-0.2, -0.15) is 0 Å². The number of amides is 1. The number of benzene rings is 1. The number of nitrogens with zero attached hydrogens (tertiary/aromatic N) is 1. The number of ether oxygens (including phenoxy) is 1. The van der Waals surface area contributed by atoms with Gasteiger partial charge >= 0.3 is 0 Å². The molecule has 21 heavy (non-hydrogen) atoms.